The zero-order valence-corrected chi connectivity index (χ0v) is 8.77. The lowest BCUT2D eigenvalue weighted by Crippen LogP contribution is -2.35. The standard InChI is InChI=1S/C11H20O2/c1-3-4-5-8-11(2)9-6-7-10(12)13-11/h3-9H2,1-2H3. The predicted octanol–water partition coefficient (Wildman–Crippen LogP) is 3.05. The summed E-state index contributed by atoms with van der Waals surface area (Å²) in [6.45, 7) is 4.26. The third kappa shape index (κ3) is 3.37. The molecule has 0 aromatic carbocycles. The lowest BCUT2D eigenvalue weighted by atomic mass is 9.90. The van der Waals surface area contributed by atoms with Gasteiger partial charge in [0.1, 0.15) is 5.60 Å². The maximum atomic E-state index is 11.1. The minimum Gasteiger partial charge on any atom is -0.459 e. The van der Waals surface area contributed by atoms with E-state index in [1.165, 1.54) is 19.3 Å². The van der Waals surface area contributed by atoms with Crippen LogP contribution in [0.1, 0.15) is 58.8 Å². The Balaban J connectivity index is 2.31. The minimum atomic E-state index is -0.148. The van der Waals surface area contributed by atoms with Gasteiger partial charge in [0, 0.05) is 6.42 Å². The van der Waals surface area contributed by atoms with E-state index in [2.05, 4.69) is 13.8 Å². The summed E-state index contributed by atoms with van der Waals surface area (Å²) in [6.07, 6.45) is 7.34. The van der Waals surface area contributed by atoms with E-state index in [1.54, 1.807) is 0 Å². The molecular weight excluding hydrogens is 164 g/mol. The van der Waals surface area contributed by atoms with Crippen LogP contribution in [0.4, 0.5) is 0 Å². The fourth-order valence-electron chi connectivity index (χ4n) is 1.91. The highest BCUT2D eigenvalue weighted by Gasteiger charge is 2.31. The summed E-state index contributed by atoms with van der Waals surface area (Å²) >= 11 is 0. The second-order valence-corrected chi connectivity index (χ2v) is 4.23. The lowest BCUT2D eigenvalue weighted by Gasteiger charge is -2.33. The number of cyclic esters (lactones) is 1. The first-order valence-corrected chi connectivity index (χ1v) is 5.38. The van der Waals surface area contributed by atoms with Crippen LogP contribution in [0.3, 0.4) is 0 Å². The number of carbonyl (C=O) groups excluding carboxylic acids is 1. The van der Waals surface area contributed by atoms with Gasteiger partial charge in [0.05, 0.1) is 0 Å². The molecule has 1 aliphatic rings. The SMILES string of the molecule is CCCCCC1(C)CCCC(=O)O1. The van der Waals surface area contributed by atoms with Crippen LogP contribution < -0.4 is 0 Å². The van der Waals surface area contributed by atoms with E-state index in [1.807, 2.05) is 0 Å². The van der Waals surface area contributed by atoms with Gasteiger partial charge in [-0.2, -0.15) is 0 Å². The Bertz CT molecular complexity index is 177. The Morgan fingerprint density at radius 3 is 2.85 bits per heavy atom. The zero-order valence-electron chi connectivity index (χ0n) is 8.77. The van der Waals surface area contributed by atoms with Gasteiger partial charge in [-0.1, -0.05) is 19.8 Å². The molecule has 1 aliphatic heterocycles. The third-order valence-corrected chi connectivity index (χ3v) is 2.76. The van der Waals surface area contributed by atoms with Crippen molar-refractivity contribution in [3.63, 3.8) is 0 Å². The summed E-state index contributed by atoms with van der Waals surface area (Å²) in [4.78, 5) is 11.1. The molecule has 1 unspecified atom stereocenters. The maximum Gasteiger partial charge on any atom is 0.306 e. The number of hydrogen-bond donors (Lipinski definition) is 0. The lowest BCUT2D eigenvalue weighted by molar-refractivity contribution is -0.165. The molecule has 1 rings (SSSR count). The van der Waals surface area contributed by atoms with Crippen LogP contribution in [0.2, 0.25) is 0 Å². The van der Waals surface area contributed by atoms with Crippen molar-refractivity contribution in [2.24, 2.45) is 0 Å². The van der Waals surface area contributed by atoms with Crippen LogP contribution in [0.15, 0.2) is 0 Å². The highest BCUT2D eigenvalue weighted by Crippen LogP contribution is 2.30. The van der Waals surface area contributed by atoms with Gasteiger partial charge in [-0.15, -0.1) is 0 Å². The van der Waals surface area contributed by atoms with Gasteiger partial charge in [0.2, 0.25) is 0 Å². The fourth-order valence-corrected chi connectivity index (χ4v) is 1.91. The van der Waals surface area contributed by atoms with Crippen LogP contribution in [-0.2, 0) is 9.53 Å². The fraction of sp³-hybridized carbons (Fsp3) is 0.909. The monoisotopic (exact) mass is 184 g/mol. The Kier molecular flexibility index (Phi) is 3.76. The van der Waals surface area contributed by atoms with Gasteiger partial charge in [0.15, 0.2) is 0 Å². The normalized spacial score (nSPS) is 28.6. The van der Waals surface area contributed by atoms with Crippen LogP contribution in [0.5, 0.6) is 0 Å². The number of unbranched alkanes of at least 4 members (excludes halogenated alkanes) is 2. The smallest absolute Gasteiger partial charge is 0.306 e. The van der Waals surface area contributed by atoms with E-state index in [0.717, 1.165) is 19.3 Å². The number of ether oxygens (including phenoxy) is 1. The van der Waals surface area contributed by atoms with Gasteiger partial charge < -0.3 is 4.74 Å². The molecule has 1 atom stereocenters. The zero-order chi connectivity index (χ0) is 9.73. The van der Waals surface area contributed by atoms with E-state index in [-0.39, 0.29) is 11.6 Å². The Hall–Kier alpha value is -0.530. The molecule has 0 bridgehead atoms. The van der Waals surface area contributed by atoms with Crippen molar-refractivity contribution in [3.8, 4) is 0 Å². The molecule has 2 heteroatoms. The highest BCUT2D eigenvalue weighted by molar-refractivity contribution is 5.70. The third-order valence-electron chi connectivity index (χ3n) is 2.76. The predicted molar refractivity (Wildman–Crippen MR) is 52.5 cm³/mol. The molecule has 1 heterocycles. The number of esters is 1. The largest absolute Gasteiger partial charge is 0.459 e. The van der Waals surface area contributed by atoms with Gasteiger partial charge in [-0.3, -0.25) is 4.79 Å². The molecule has 1 fully saturated rings. The van der Waals surface area contributed by atoms with Crippen molar-refractivity contribution in [1.82, 2.24) is 0 Å². The second kappa shape index (κ2) is 4.64. The van der Waals surface area contributed by atoms with E-state index in [4.69, 9.17) is 4.74 Å². The van der Waals surface area contributed by atoms with Crippen molar-refractivity contribution in [2.75, 3.05) is 0 Å². The summed E-state index contributed by atoms with van der Waals surface area (Å²) in [5.41, 5.74) is -0.148. The topological polar surface area (TPSA) is 26.3 Å². The molecular formula is C11H20O2. The minimum absolute atomic E-state index is 0.00903. The van der Waals surface area contributed by atoms with Crippen molar-refractivity contribution in [2.45, 2.75) is 64.4 Å². The first kappa shape index (κ1) is 10.6. The van der Waals surface area contributed by atoms with Crippen molar-refractivity contribution in [1.29, 1.82) is 0 Å². The Morgan fingerprint density at radius 2 is 2.23 bits per heavy atom. The van der Waals surface area contributed by atoms with Crippen molar-refractivity contribution >= 4 is 5.97 Å². The van der Waals surface area contributed by atoms with Crippen molar-refractivity contribution < 1.29 is 9.53 Å². The van der Waals surface area contributed by atoms with Gasteiger partial charge in [0.25, 0.3) is 0 Å². The van der Waals surface area contributed by atoms with E-state index in [9.17, 15) is 4.79 Å². The summed E-state index contributed by atoms with van der Waals surface area (Å²) in [5.74, 6) is -0.00903. The Morgan fingerprint density at radius 1 is 1.46 bits per heavy atom. The van der Waals surface area contributed by atoms with Gasteiger partial charge in [-0.25, -0.2) is 0 Å². The maximum absolute atomic E-state index is 11.1. The molecule has 0 aliphatic carbocycles. The van der Waals surface area contributed by atoms with Crippen LogP contribution in [0, 0.1) is 0 Å². The quantitative estimate of drug-likeness (QED) is 0.496. The summed E-state index contributed by atoms with van der Waals surface area (Å²) < 4.78 is 5.38. The number of rotatable bonds is 4. The van der Waals surface area contributed by atoms with Gasteiger partial charge in [-0.05, 0) is 32.6 Å². The number of hydrogen-bond acceptors (Lipinski definition) is 2. The average molecular weight is 184 g/mol. The van der Waals surface area contributed by atoms with Crippen LogP contribution in [0.25, 0.3) is 0 Å². The summed E-state index contributed by atoms with van der Waals surface area (Å²) in [6, 6.07) is 0. The highest BCUT2D eigenvalue weighted by atomic mass is 16.6. The Labute approximate surface area is 80.7 Å². The first-order valence-electron chi connectivity index (χ1n) is 5.38. The van der Waals surface area contributed by atoms with E-state index in [0.29, 0.717) is 6.42 Å². The second-order valence-electron chi connectivity index (χ2n) is 4.23. The first-order chi connectivity index (χ1) is 6.16. The van der Waals surface area contributed by atoms with E-state index < -0.39 is 0 Å². The molecule has 13 heavy (non-hydrogen) atoms. The molecule has 0 spiro atoms. The van der Waals surface area contributed by atoms with Gasteiger partial charge >= 0.3 is 5.97 Å². The van der Waals surface area contributed by atoms with Crippen LogP contribution >= 0.6 is 0 Å². The molecule has 0 N–H and O–H groups in total. The van der Waals surface area contributed by atoms with Crippen LogP contribution in [-0.4, -0.2) is 11.6 Å². The van der Waals surface area contributed by atoms with E-state index >= 15 is 0 Å². The molecule has 0 radical (unpaired) electrons. The molecule has 76 valence electrons. The summed E-state index contributed by atoms with van der Waals surface area (Å²) in [7, 11) is 0. The molecule has 0 amide bonds. The molecule has 2 nitrogen and oxygen atoms in total. The molecule has 0 aromatic rings. The molecule has 0 saturated carbocycles. The molecule has 1 saturated heterocycles. The van der Waals surface area contributed by atoms with Crippen molar-refractivity contribution in [3.05, 3.63) is 0 Å². The average Bonchev–Trinajstić information content (AvgIpc) is 2.04. The summed E-state index contributed by atoms with van der Waals surface area (Å²) in [5, 5.41) is 0. The molecule has 0 aromatic heterocycles. The number of carbonyl (C=O) groups is 1.